The fourth-order valence-corrected chi connectivity index (χ4v) is 17.9. The first-order valence-electron chi connectivity index (χ1n) is 28.4. The van der Waals surface area contributed by atoms with Crippen molar-refractivity contribution in [2.45, 2.75) is 226 Å². The molecular weight excluding hydrogens is 898 g/mol. The van der Waals surface area contributed by atoms with E-state index < -0.39 is 11.2 Å². The van der Waals surface area contributed by atoms with Gasteiger partial charge >= 0.3 is 0 Å². The summed E-state index contributed by atoms with van der Waals surface area (Å²) in [4.78, 5) is 12.2. The predicted octanol–water partition coefficient (Wildman–Crippen LogP) is 13.0. The van der Waals surface area contributed by atoms with E-state index in [0.717, 1.165) is 99.1 Å². The molecule has 388 valence electrons. The van der Waals surface area contributed by atoms with Crippen molar-refractivity contribution in [3.05, 3.63) is 0 Å². The van der Waals surface area contributed by atoms with Crippen LogP contribution in [0.15, 0.2) is 0 Å². The molecule has 9 saturated carbocycles. The molecule has 16 atom stereocenters. The molecule has 3 N–H and O–H groups in total. The van der Waals surface area contributed by atoms with E-state index in [2.05, 4.69) is 83.4 Å². The van der Waals surface area contributed by atoms with E-state index in [9.17, 15) is 15.0 Å². The summed E-state index contributed by atoms with van der Waals surface area (Å²) >= 11 is 10.9. The van der Waals surface area contributed by atoms with Crippen LogP contribution in [0.4, 0.5) is 0 Å². The van der Waals surface area contributed by atoms with Gasteiger partial charge in [-0.25, -0.2) is 0 Å². The van der Waals surface area contributed by atoms with E-state index in [4.69, 9.17) is 39.1 Å². The molecule has 1 heterocycles. The average Bonchev–Trinajstić information content (AvgIpc) is 3.74. The molecule has 69 heavy (non-hydrogen) atoms. The van der Waals surface area contributed by atoms with Gasteiger partial charge in [-0.2, -0.15) is 0 Å². The minimum atomic E-state index is -0.770. The number of rotatable bonds is 6. The molecule has 0 radical (unpaired) electrons. The summed E-state index contributed by atoms with van der Waals surface area (Å²) in [6.45, 7) is 19.1. The number of ether oxygens (including phenoxy) is 2. The second kappa shape index (κ2) is 23.5. The minimum absolute atomic E-state index is 0.269. The lowest BCUT2D eigenvalue weighted by atomic mass is 9.48. The molecule has 9 unspecified atom stereocenters. The summed E-state index contributed by atoms with van der Waals surface area (Å²) in [6, 6.07) is 1.25. The van der Waals surface area contributed by atoms with Crippen LogP contribution in [0.3, 0.4) is 0 Å². The molecule has 10 aliphatic rings. The highest BCUT2D eigenvalue weighted by molar-refractivity contribution is 6.18. The van der Waals surface area contributed by atoms with Crippen molar-refractivity contribution in [3.63, 3.8) is 0 Å². The Morgan fingerprint density at radius 2 is 1.14 bits per heavy atom. The molecule has 0 aromatic heterocycles. The number of carbonyl (C=O) groups excluding carboxylic acids is 1. The first-order chi connectivity index (χ1) is 32.8. The van der Waals surface area contributed by atoms with Crippen molar-refractivity contribution in [1.82, 2.24) is 5.32 Å². The van der Waals surface area contributed by atoms with Crippen molar-refractivity contribution >= 4 is 29.0 Å². The predicted molar refractivity (Wildman–Crippen MR) is 283 cm³/mol. The van der Waals surface area contributed by atoms with Crippen LogP contribution in [0.5, 0.6) is 0 Å². The van der Waals surface area contributed by atoms with E-state index in [0.29, 0.717) is 77.5 Å². The van der Waals surface area contributed by atoms with E-state index in [-0.39, 0.29) is 11.2 Å². The van der Waals surface area contributed by atoms with Crippen LogP contribution in [0, 0.1) is 124 Å². The molecular formula is C61H95Cl2NO5. The Labute approximate surface area is 431 Å². The van der Waals surface area contributed by atoms with Gasteiger partial charge in [0.1, 0.15) is 17.0 Å². The van der Waals surface area contributed by atoms with E-state index in [1.54, 1.807) is 0 Å². The van der Waals surface area contributed by atoms with Crippen molar-refractivity contribution in [2.75, 3.05) is 25.0 Å². The van der Waals surface area contributed by atoms with Crippen LogP contribution in [-0.2, 0) is 14.3 Å². The number of hydrogen-bond acceptors (Lipinski definition) is 6. The molecule has 8 heteroatoms. The summed E-state index contributed by atoms with van der Waals surface area (Å²) in [5, 5.41) is 25.4. The largest absolute Gasteiger partial charge is 0.378 e. The third-order valence-electron chi connectivity index (χ3n) is 20.5. The number of Topliss-reactive ketones (excluding diaryl/α,β-unsaturated/α-hetero) is 1. The maximum absolute atomic E-state index is 12.2. The van der Waals surface area contributed by atoms with E-state index >= 15 is 0 Å². The number of terminal acetylenes is 1. The highest BCUT2D eigenvalue weighted by Crippen LogP contribution is 2.68. The first kappa shape index (κ1) is 55.5. The first-order valence-corrected chi connectivity index (χ1v) is 29.5. The lowest BCUT2D eigenvalue weighted by Gasteiger charge is -2.57. The topological polar surface area (TPSA) is 88.0 Å². The zero-order valence-corrected chi connectivity index (χ0v) is 46.0. The van der Waals surface area contributed by atoms with Gasteiger partial charge in [-0.3, -0.25) is 4.79 Å². The van der Waals surface area contributed by atoms with Gasteiger partial charge in [0.2, 0.25) is 0 Å². The zero-order valence-electron chi connectivity index (χ0n) is 44.5. The lowest BCUT2D eigenvalue weighted by molar-refractivity contribution is -0.215. The summed E-state index contributed by atoms with van der Waals surface area (Å²) in [5.74, 6) is 25.8. The molecule has 0 bridgehead atoms. The molecule has 9 aliphatic carbocycles. The number of hydrogen-bond donors (Lipinski definition) is 3. The quantitative estimate of drug-likeness (QED) is 0.182. The van der Waals surface area contributed by atoms with Crippen LogP contribution in [0.2, 0.25) is 0 Å². The molecule has 10 fully saturated rings. The number of aliphatic hydroxyl groups is 2. The SMILES string of the molecule is C#CCCCl.CC(=O)[C@H]1CCC2C3CCC4CC(O)(C#CC5CC5)CC[C@@H]4C3CC[C@@]21C.CC(C)NC(C)C.CC1([C@H]2CCC3C4CCC5C[C@@](O)(C#CCCCl)CC[C@@H]5C4CC[C@@]32C)OCCO1. The molecule has 6 nitrogen and oxygen atoms in total. The number of alkyl halides is 2. The highest BCUT2D eigenvalue weighted by atomic mass is 35.5. The second-order valence-corrected chi connectivity index (χ2v) is 26.3. The van der Waals surface area contributed by atoms with Crippen LogP contribution >= 0.6 is 23.2 Å². The molecule has 0 spiro atoms. The van der Waals surface area contributed by atoms with Crippen molar-refractivity contribution in [1.29, 1.82) is 0 Å². The van der Waals surface area contributed by atoms with Gasteiger partial charge in [0, 0.05) is 54.4 Å². The molecule has 1 aliphatic heterocycles. The van der Waals surface area contributed by atoms with E-state index in [1.807, 2.05) is 6.92 Å². The summed E-state index contributed by atoms with van der Waals surface area (Å²) < 4.78 is 12.3. The summed E-state index contributed by atoms with van der Waals surface area (Å²) in [7, 11) is 0. The third kappa shape index (κ3) is 12.6. The maximum Gasteiger partial charge on any atom is 0.169 e. The number of carbonyl (C=O) groups is 1. The fourth-order valence-electron chi connectivity index (χ4n) is 17.7. The minimum Gasteiger partial charge on any atom is -0.378 e. The van der Waals surface area contributed by atoms with Crippen molar-refractivity contribution < 1.29 is 24.5 Å². The van der Waals surface area contributed by atoms with E-state index in [1.165, 1.54) is 89.9 Å². The Morgan fingerprint density at radius 1 is 0.638 bits per heavy atom. The standard InChI is InChI=1S/C26H39ClO3.C25H36O2.C6H15N.C4H5Cl/c1-24-12-9-20-19-10-13-26(28,11-3-4-14-27)17-18(19)5-6-21(20)22(24)7-8-23(24)25(2)29-15-16-30-25;1-16(26)22-7-8-23-21-6-5-18-15-25(27,13-9-17-3-4-17)14-11-19(18)20(21)10-12-24(22,23)2;1-5(2)7-6(3)4;1-2-3-4-5/h18-23,28H,4-10,12-17H2,1-2H3;17-23,27H,3-8,10-12,14-15H2,1-2H3;5-7H,1-4H3;1H,3-4H2/t18?,19-,20?,21?,22?,23-,24-,26+;18?,19-,20?,21?,22+,23?,24+,25?;;/m00../s1. The maximum atomic E-state index is 12.2. The van der Waals surface area contributed by atoms with Crippen molar-refractivity contribution in [2.24, 2.45) is 87.8 Å². The monoisotopic (exact) mass is 992 g/mol. The second-order valence-electron chi connectivity index (χ2n) is 25.5. The van der Waals surface area contributed by atoms with Gasteiger partial charge in [-0.1, -0.05) is 65.2 Å². The van der Waals surface area contributed by atoms with Crippen LogP contribution in [-0.4, -0.2) is 70.0 Å². The van der Waals surface area contributed by atoms with Gasteiger partial charge < -0.3 is 25.0 Å². The van der Waals surface area contributed by atoms with Crippen LogP contribution in [0.25, 0.3) is 0 Å². The van der Waals surface area contributed by atoms with Crippen LogP contribution in [0.1, 0.15) is 197 Å². The van der Waals surface area contributed by atoms with Gasteiger partial charge in [0.15, 0.2) is 5.79 Å². The Bertz CT molecular complexity index is 1880. The Kier molecular flexibility index (Phi) is 18.9. The number of fused-ring (bicyclic) bond motifs is 10. The van der Waals surface area contributed by atoms with Crippen LogP contribution < -0.4 is 5.32 Å². The molecule has 0 aromatic rings. The van der Waals surface area contributed by atoms with Gasteiger partial charge in [0.05, 0.1) is 13.2 Å². The molecule has 0 aromatic carbocycles. The molecule has 1 saturated heterocycles. The molecule has 0 amide bonds. The van der Waals surface area contributed by atoms with Gasteiger partial charge in [-0.05, 0) is 212 Å². The average molecular weight is 993 g/mol. The number of halogens is 2. The zero-order chi connectivity index (χ0) is 49.8. The Morgan fingerprint density at radius 3 is 1.62 bits per heavy atom. The van der Waals surface area contributed by atoms with Gasteiger partial charge in [-0.15, -0.1) is 35.5 Å². The fraction of sp³-hybridized carbons (Fsp3) is 0.885. The smallest absolute Gasteiger partial charge is 0.169 e. The number of nitrogens with one attached hydrogen (secondary N) is 1. The highest BCUT2D eigenvalue weighted by Gasteiger charge is 2.63. The summed E-state index contributed by atoms with van der Waals surface area (Å²) in [6.07, 6.45) is 29.9. The number of ketones is 1. The molecule has 10 rings (SSSR count). The normalized spacial score (nSPS) is 43.2. The van der Waals surface area contributed by atoms with Gasteiger partial charge in [0.25, 0.3) is 0 Å². The Hall–Kier alpha value is -1.27. The summed E-state index contributed by atoms with van der Waals surface area (Å²) in [5.41, 5.74) is -0.846. The third-order valence-corrected chi connectivity index (χ3v) is 20.9. The van der Waals surface area contributed by atoms with Crippen molar-refractivity contribution in [3.8, 4) is 36.0 Å². The Balaban J connectivity index is 0.000000166. The lowest BCUT2D eigenvalue weighted by Crippen LogP contribution is -2.53.